The molecule has 0 radical (unpaired) electrons. The summed E-state index contributed by atoms with van der Waals surface area (Å²) in [4.78, 5) is 29.9. The first-order valence-corrected chi connectivity index (χ1v) is 8.01. The van der Waals surface area contributed by atoms with Crippen LogP contribution in [-0.4, -0.2) is 23.3 Å². The molecule has 2 amide bonds. The topological polar surface area (TPSA) is 100 Å². The number of pyridine rings is 1. The summed E-state index contributed by atoms with van der Waals surface area (Å²) in [7, 11) is 0. The van der Waals surface area contributed by atoms with Gasteiger partial charge in [0.15, 0.2) is 0 Å². The summed E-state index contributed by atoms with van der Waals surface area (Å²) >= 11 is 0. The number of amides is 2. The lowest BCUT2D eigenvalue weighted by atomic mass is 9.82. The Morgan fingerprint density at radius 2 is 2.13 bits per heavy atom. The summed E-state index contributed by atoms with van der Waals surface area (Å²) in [5.74, 6) is -1.56. The van der Waals surface area contributed by atoms with E-state index in [9.17, 15) is 9.59 Å². The summed E-state index contributed by atoms with van der Waals surface area (Å²) in [5.41, 5.74) is 5.99. The van der Waals surface area contributed by atoms with E-state index < -0.39 is 17.7 Å². The number of carbonyl (C=O) groups is 2. The van der Waals surface area contributed by atoms with Gasteiger partial charge in [0.25, 0.3) is 0 Å². The van der Waals surface area contributed by atoms with Crippen molar-refractivity contribution in [2.75, 3.05) is 11.4 Å². The van der Waals surface area contributed by atoms with Gasteiger partial charge in [-0.2, -0.15) is 5.26 Å². The molecule has 1 heterocycles. The fraction of sp³-hybridized carbons (Fsp3) is 0.529. The highest BCUT2D eigenvalue weighted by molar-refractivity contribution is 6.07. The molecule has 1 aromatic rings. The maximum absolute atomic E-state index is 12.8. The fourth-order valence-corrected chi connectivity index (χ4v) is 3.16. The largest absolute Gasteiger partial charge is 0.369 e. The number of nitrogens with zero attached hydrogens (tertiary/aromatic N) is 3. The van der Waals surface area contributed by atoms with Crippen LogP contribution in [0.5, 0.6) is 0 Å². The highest BCUT2D eigenvalue weighted by Crippen LogP contribution is 2.30. The molecule has 0 bridgehead atoms. The fourth-order valence-electron chi connectivity index (χ4n) is 3.16. The van der Waals surface area contributed by atoms with Crippen LogP contribution in [0, 0.1) is 23.2 Å². The normalized spacial score (nSPS) is 16.3. The van der Waals surface area contributed by atoms with E-state index in [1.807, 2.05) is 6.07 Å². The first-order chi connectivity index (χ1) is 11.1. The smallest absolute Gasteiger partial charge is 0.240 e. The molecule has 1 aliphatic carbocycles. The monoisotopic (exact) mass is 314 g/mol. The molecular weight excluding hydrogens is 292 g/mol. The molecule has 0 aliphatic heterocycles. The van der Waals surface area contributed by atoms with Crippen LogP contribution in [-0.2, 0) is 9.59 Å². The lowest BCUT2D eigenvalue weighted by Crippen LogP contribution is -2.43. The number of nitrogens with two attached hydrogens (primary N) is 1. The summed E-state index contributed by atoms with van der Waals surface area (Å²) < 4.78 is 0. The lowest BCUT2D eigenvalue weighted by Gasteiger charge is -2.28. The molecule has 6 nitrogen and oxygen atoms in total. The van der Waals surface area contributed by atoms with E-state index in [1.54, 1.807) is 18.3 Å². The molecule has 6 heteroatoms. The number of aromatic nitrogens is 1. The Kier molecular flexibility index (Phi) is 6.10. The highest BCUT2D eigenvalue weighted by atomic mass is 16.2. The number of hydrogen-bond acceptors (Lipinski definition) is 4. The quantitative estimate of drug-likeness (QED) is 0.641. The third kappa shape index (κ3) is 4.52. The molecule has 1 fully saturated rings. The van der Waals surface area contributed by atoms with Gasteiger partial charge < -0.3 is 5.73 Å². The van der Waals surface area contributed by atoms with E-state index in [0.717, 1.165) is 25.7 Å². The second kappa shape index (κ2) is 8.28. The minimum atomic E-state index is -0.883. The van der Waals surface area contributed by atoms with E-state index in [-0.39, 0.29) is 6.54 Å². The van der Waals surface area contributed by atoms with E-state index in [0.29, 0.717) is 18.0 Å². The first kappa shape index (κ1) is 16.9. The Labute approximate surface area is 136 Å². The number of nitriles is 1. The zero-order chi connectivity index (χ0) is 16.7. The minimum Gasteiger partial charge on any atom is -0.369 e. The van der Waals surface area contributed by atoms with Gasteiger partial charge in [-0.25, -0.2) is 0 Å². The van der Waals surface area contributed by atoms with Crippen LogP contribution in [0.2, 0.25) is 0 Å². The molecule has 23 heavy (non-hydrogen) atoms. The number of primary amides is 1. The maximum Gasteiger partial charge on any atom is 0.240 e. The highest BCUT2D eigenvalue weighted by Gasteiger charge is 2.32. The Balaban J connectivity index is 2.16. The second-order valence-electron chi connectivity index (χ2n) is 5.99. The minimum absolute atomic E-state index is 0.126. The van der Waals surface area contributed by atoms with Gasteiger partial charge >= 0.3 is 0 Å². The average Bonchev–Trinajstić information content (AvgIpc) is 2.58. The number of hydrogen-bond donors (Lipinski definition) is 1. The Hall–Kier alpha value is -2.42. The van der Waals surface area contributed by atoms with E-state index in [4.69, 9.17) is 11.0 Å². The molecule has 1 aromatic heterocycles. The van der Waals surface area contributed by atoms with Gasteiger partial charge in [-0.1, -0.05) is 32.1 Å². The second-order valence-corrected chi connectivity index (χ2v) is 5.99. The zero-order valence-electron chi connectivity index (χ0n) is 13.1. The molecule has 0 aromatic carbocycles. The van der Waals surface area contributed by atoms with Crippen LogP contribution in [0.1, 0.15) is 38.5 Å². The third-order valence-corrected chi connectivity index (χ3v) is 4.39. The molecule has 0 saturated heterocycles. The van der Waals surface area contributed by atoms with Gasteiger partial charge in [0, 0.05) is 6.20 Å². The van der Waals surface area contributed by atoms with Crippen molar-refractivity contribution in [2.24, 2.45) is 17.6 Å². The maximum atomic E-state index is 12.8. The van der Waals surface area contributed by atoms with Crippen LogP contribution in [0.4, 0.5) is 5.69 Å². The van der Waals surface area contributed by atoms with Crippen LogP contribution in [0.15, 0.2) is 24.5 Å². The van der Waals surface area contributed by atoms with Crippen molar-refractivity contribution in [3.63, 3.8) is 0 Å². The van der Waals surface area contributed by atoms with Gasteiger partial charge in [0.1, 0.15) is 12.5 Å². The van der Waals surface area contributed by atoms with Gasteiger partial charge in [-0.05, 0) is 24.5 Å². The van der Waals surface area contributed by atoms with E-state index in [2.05, 4.69) is 4.98 Å². The van der Waals surface area contributed by atoms with Gasteiger partial charge in [-0.3, -0.25) is 19.5 Å². The Bertz CT molecular complexity index is 576. The van der Waals surface area contributed by atoms with Crippen LogP contribution in [0.25, 0.3) is 0 Å². The summed E-state index contributed by atoms with van der Waals surface area (Å²) in [6.07, 6.45) is 9.10. The van der Waals surface area contributed by atoms with Crippen LogP contribution in [0.3, 0.4) is 0 Å². The van der Waals surface area contributed by atoms with Crippen molar-refractivity contribution in [1.29, 1.82) is 5.26 Å². The van der Waals surface area contributed by atoms with E-state index >= 15 is 0 Å². The van der Waals surface area contributed by atoms with Crippen molar-refractivity contribution >= 4 is 17.5 Å². The summed E-state index contributed by atoms with van der Waals surface area (Å²) in [6, 6.07) is 5.35. The molecule has 2 N–H and O–H groups in total. The van der Waals surface area contributed by atoms with Gasteiger partial charge in [-0.15, -0.1) is 0 Å². The lowest BCUT2D eigenvalue weighted by molar-refractivity contribution is -0.132. The van der Waals surface area contributed by atoms with Crippen molar-refractivity contribution in [2.45, 2.75) is 38.5 Å². The number of carbonyl (C=O) groups excluding carboxylic acids is 2. The standard InChI is InChI=1S/C17H22N4O2/c18-8-10-21(14-7-4-9-20-12-14)17(23)15(16(19)22)11-13-5-2-1-3-6-13/h4,7,9,12-13,15H,1-3,5-6,10-11H2,(H2,19,22). The molecule has 1 saturated carbocycles. The number of rotatable bonds is 6. The summed E-state index contributed by atoms with van der Waals surface area (Å²) in [5, 5.41) is 9.01. The molecule has 122 valence electrons. The molecular formula is C17H22N4O2. The first-order valence-electron chi connectivity index (χ1n) is 8.01. The summed E-state index contributed by atoms with van der Waals surface area (Å²) in [6.45, 7) is -0.126. The van der Waals surface area contributed by atoms with Crippen LogP contribution >= 0.6 is 0 Å². The van der Waals surface area contributed by atoms with Crippen molar-refractivity contribution in [3.8, 4) is 6.07 Å². The predicted octanol–water partition coefficient (Wildman–Crippen LogP) is 2.01. The third-order valence-electron chi connectivity index (χ3n) is 4.39. The zero-order valence-corrected chi connectivity index (χ0v) is 13.1. The van der Waals surface area contributed by atoms with Crippen molar-refractivity contribution < 1.29 is 9.59 Å². The van der Waals surface area contributed by atoms with E-state index in [1.165, 1.54) is 17.5 Å². The molecule has 2 rings (SSSR count). The Morgan fingerprint density at radius 1 is 1.39 bits per heavy atom. The molecule has 1 atom stereocenters. The van der Waals surface area contributed by atoms with Crippen molar-refractivity contribution in [1.82, 2.24) is 4.98 Å². The molecule has 1 aliphatic rings. The van der Waals surface area contributed by atoms with Crippen molar-refractivity contribution in [3.05, 3.63) is 24.5 Å². The number of anilines is 1. The van der Waals surface area contributed by atoms with Gasteiger partial charge in [0.05, 0.1) is 18.0 Å². The molecule has 1 unspecified atom stereocenters. The van der Waals surface area contributed by atoms with Crippen LogP contribution < -0.4 is 10.6 Å². The SMILES string of the molecule is N#CCN(C(=O)C(CC1CCCCC1)C(N)=O)c1cccnc1. The van der Waals surface area contributed by atoms with Gasteiger partial charge in [0.2, 0.25) is 11.8 Å². The molecule has 0 spiro atoms. The average molecular weight is 314 g/mol. The predicted molar refractivity (Wildman–Crippen MR) is 86.1 cm³/mol. The Morgan fingerprint density at radius 3 is 2.70 bits per heavy atom.